The Bertz CT molecular complexity index is 418. The molecule has 19 heavy (non-hydrogen) atoms. The molecule has 106 valence electrons. The highest BCUT2D eigenvalue weighted by Crippen LogP contribution is 2.08. The molecule has 1 unspecified atom stereocenters. The number of nitrogens with one attached hydrogen (secondary N) is 2. The van der Waals surface area contributed by atoms with Gasteiger partial charge in [-0.15, -0.1) is 5.10 Å². The third-order valence-corrected chi connectivity index (χ3v) is 3.07. The van der Waals surface area contributed by atoms with Crippen LogP contribution in [0.1, 0.15) is 29.8 Å². The fraction of sp³-hybridized carbons (Fsp3) is 0.750. The van der Waals surface area contributed by atoms with E-state index in [0.29, 0.717) is 19.7 Å². The van der Waals surface area contributed by atoms with Crippen molar-refractivity contribution in [3.8, 4) is 0 Å². The first kappa shape index (κ1) is 14.0. The quantitative estimate of drug-likeness (QED) is 0.773. The highest BCUT2D eigenvalue weighted by atomic mass is 16.5. The van der Waals surface area contributed by atoms with Crippen molar-refractivity contribution in [1.29, 1.82) is 0 Å². The summed E-state index contributed by atoms with van der Waals surface area (Å²) < 4.78 is 5.57. The number of morpholine rings is 1. The summed E-state index contributed by atoms with van der Waals surface area (Å²) in [5.74, 6) is 0.905. The van der Waals surface area contributed by atoms with E-state index < -0.39 is 0 Å². The summed E-state index contributed by atoms with van der Waals surface area (Å²) >= 11 is 0. The topological polar surface area (TPSA) is 83.1 Å². The average molecular weight is 267 g/mol. The number of likely N-dealkylation sites (N-methyl/N-ethyl adjacent to an activating group) is 1. The Morgan fingerprint density at radius 3 is 3.21 bits per heavy atom. The first-order valence-corrected chi connectivity index (χ1v) is 6.71. The molecule has 1 aliphatic rings. The van der Waals surface area contributed by atoms with Crippen molar-refractivity contribution in [1.82, 2.24) is 25.4 Å². The second-order valence-corrected chi connectivity index (χ2v) is 4.66. The van der Waals surface area contributed by atoms with Crippen LogP contribution in [0.3, 0.4) is 0 Å². The van der Waals surface area contributed by atoms with E-state index in [1.54, 1.807) is 4.90 Å². The number of aromatic nitrogens is 3. The molecule has 0 bridgehead atoms. The number of hydrogen-bond donors (Lipinski definition) is 2. The molecule has 2 heterocycles. The molecule has 1 aromatic rings. The lowest BCUT2D eigenvalue weighted by molar-refractivity contribution is -0.0200. The Balaban J connectivity index is 1.97. The molecule has 1 fully saturated rings. The van der Waals surface area contributed by atoms with Gasteiger partial charge < -0.3 is 15.0 Å². The van der Waals surface area contributed by atoms with Crippen LogP contribution >= 0.6 is 0 Å². The second kappa shape index (κ2) is 6.63. The molecule has 1 saturated heterocycles. The molecule has 0 aromatic carbocycles. The molecule has 1 aliphatic heterocycles. The van der Waals surface area contributed by atoms with Gasteiger partial charge in [-0.25, -0.2) is 4.98 Å². The first-order valence-electron chi connectivity index (χ1n) is 6.71. The van der Waals surface area contributed by atoms with Gasteiger partial charge in [0.2, 0.25) is 5.82 Å². The normalized spacial score (nSPS) is 19.7. The predicted molar refractivity (Wildman–Crippen MR) is 69.9 cm³/mol. The van der Waals surface area contributed by atoms with E-state index >= 15 is 0 Å². The third kappa shape index (κ3) is 3.51. The molecule has 1 atom stereocenters. The summed E-state index contributed by atoms with van der Waals surface area (Å²) in [4.78, 5) is 18.3. The minimum Gasteiger partial charge on any atom is -0.373 e. The Morgan fingerprint density at radius 2 is 2.47 bits per heavy atom. The van der Waals surface area contributed by atoms with Crippen molar-refractivity contribution >= 4 is 5.91 Å². The second-order valence-electron chi connectivity index (χ2n) is 4.66. The summed E-state index contributed by atoms with van der Waals surface area (Å²) in [7, 11) is 1.87. The SMILES string of the molecule is CCCc1nc(C(=O)N2CCOC(CNC)C2)n[nH]1. The van der Waals surface area contributed by atoms with Crippen LogP contribution in [-0.4, -0.2) is 65.4 Å². The number of H-pyrrole nitrogens is 1. The van der Waals surface area contributed by atoms with E-state index in [-0.39, 0.29) is 17.8 Å². The fourth-order valence-corrected chi connectivity index (χ4v) is 2.14. The van der Waals surface area contributed by atoms with E-state index in [2.05, 4.69) is 27.4 Å². The van der Waals surface area contributed by atoms with Gasteiger partial charge in [-0.05, 0) is 13.5 Å². The smallest absolute Gasteiger partial charge is 0.293 e. The molecular weight excluding hydrogens is 246 g/mol. The summed E-state index contributed by atoms with van der Waals surface area (Å²) in [6.07, 6.45) is 1.83. The minimum atomic E-state index is -0.122. The summed E-state index contributed by atoms with van der Waals surface area (Å²) in [5, 5.41) is 9.87. The van der Waals surface area contributed by atoms with Crippen LogP contribution in [0.25, 0.3) is 0 Å². The largest absolute Gasteiger partial charge is 0.373 e. The highest BCUT2D eigenvalue weighted by molar-refractivity contribution is 5.90. The van der Waals surface area contributed by atoms with E-state index in [4.69, 9.17) is 4.74 Å². The summed E-state index contributed by atoms with van der Waals surface area (Å²) in [6.45, 7) is 4.53. The Kier molecular flexibility index (Phi) is 4.86. The van der Waals surface area contributed by atoms with Crippen LogP contribution in [0, 0.1) is 0 Å². The van der Waals surface area contributed by atoms with Crippen LogP contribution in [0.5, 0.6) is 0 Å². The summed E-state index contributed by atoms with van der Waals surface area (Å²) in [6, 6.07) is 0. The van der Waals surface area contributed by atoms with Gasteiger partial charge in [0.15, 0.2) is 0 Å². The van der Waals surface area contributed by atoms with Gasteiger partial charge in [-0.2, -0.15) is 0 Å². The number of aromatic amines is 1. The number of aryl methyl sites for hydroxylation is 1. The third-order valence-electron chi connectivity index (χ3n) is 3.07. The standard InChI is InChI=1S/C12H21N5O2/c1-3-4-10-14-11(16-15-10)12(18)17-5-6-19-9(8-17)7-13-2/h9,13H,3-8H2,1-2H3,(H,14,15,16). The highest BCUT2D eigenvalue weighted by Gasteiger charge is 2.26. The van der Waals surface area contributed by atoms with Gasteiger partial charge in [0, 0.05) is 26.1 Å². The van der Waals surface area contributed by atoms with E-state index in [0.717, 1.165) is 25.2 Å². The van der Waals surface area contributed by atoms with Crippen molar-refractivity contribution < 1.29 is 9.53 Å². The minimum absolute atomic E-state index is 0.0387. The predicted octanol–water partition coefficient (Wildman–Crippen LogP) is -0.182. The van der Waals surface area contributed by atoms with Gasteiger partial charge in [-0.1, -0.05) is 6.92 Å². The molecule has 7 nitrogen and oxygen atoms in total. The zero-order chi connectivity index (χ0) is 13.7. The fourth-order valence-electron chi connectivity index (χ4n) is 2.14. The van der Waals surface area contributed by atoms with Crippen LogP contribution < -0.4 is 5.32 Å². The van der Waals surface area contributed by atoms with Crippen molar-refractivity contribution in [3.05, 3.63) is 11.6 Å². The van der Waals surface area contributed by atoms with Crippen molar-refractivity contribution in [2.24, 2.45) is 0 Å². The van der Waals surface area contributed by atoms with Gasteiger partial charge in [0.05, 0.1) is 12.7 Å². The average Bonchev–Trinajstić information content (AvgIpc) is 2.88. The molecule has 1 aromatic heterocycles. The van der Waals surface area contributed by atoms with Crippen LogP contribution in [0.4, 0.5) is 0 Å². The molecule has 7 heteroatoms. The Hall–Kier alpha value is -1.47. The van der Waals surface area contributed by atoms with E-state index in [9.17, 15) is 4.79 Å². The maximum absolute atomic E-state index is 12.3. The van der Waals surface area contributed by atoms with Crippen molar-refractivity contribution in [2.45, 2.75) is 25.9 Å². The van der Waals surface area contributed by atoms with Crippen molar-refractivity contribution in [3.63, 3.8) is 0 Å². The van der Waals surface area contributed by atoms with E-state index in [1.807, 2.05) is 7.05 Å². The number of rotatable bonds is 5. The monoisotopic (exact) mass is 267 g/mol. The van der Waals surface area contributed by atoms with Gasteiger partial charge >= 0.3 is 0 Å². The first-order chi connectivity index (χ1) is 9.24. The Morgan fingerprint density at radius 1 is 1.63 bits per heavy atom. The Labute approximate surface area is 112 Å². The molecule has 2 N–H and O–H groups in total. The summed E-state index contributed by atoms with van der Waals surface area (Å²) in [5.41, 5.74) is 0. The molecule has 0 aliphatic carbocycles. The van der Waals surface area contributed by atoms with Gasteiger partial charge in [-0.3, -0.25) is 9.89 Å². The lowest BCUT2D eigenvalue weighted by Gasteiger charge is -2.32. The van der Waals surface area contributed by atoms with E-state index in [1.165, 1.54) is 0 Å². The molecule has 2 rings (SSSR count). The molecule has 0 saturated carbocycles. The maximum Gasteiger partial charge on any atom is 0.293 e. The van der Waals surface area contributed by atoms with Crippen LogP contribution in [0.2, 0.25) is 0 Å². The lowest BCUT2D eigenvalue weighted by atomic mass is 10.2. The lowest BCUT2D eigenvalue weighted by Crippen LogP contribution is -2.48. The molecular formula is C12H21N5O2. The number of carbonyl (C=O) groups excluding carboxylic acids is 1. The molecule has 1 amide bonds. The maximum atomic E-state index is 12.3. The zero-order valence-corrected chi connectivity index (χ0v) is 11.5. The zero-order valence-electron chi connectivity index (χ0n) is 11.5. The van der Waals surface area contributed by atoms with Gasteiger partial charge in [0.25, 0.3) is 5.91 Å². The molecule has 0 radical (unpaired) electrons. The molecule has 0 spiro atoms. The van der Waals surface area contributed by atoms with Crippen molar-refractivity contribution in [2.75, 3.05) is 33.3 Å². The van der Waals surface area contributed by atoms with Gasteiger partial charge in [0.1, 0.15) is 5.82 Å². The number of ether oxygens (including phenoxy) is 1. The van der Waals surface area contributed by atoms with Crippen LogP contribution in [-0.2, 0) is 11.2 Å². The number of amides is 1. The number of nitrogens with zero attached hydrogens (tertiary/aromatic N) is 3. The number of hydrogen-bond acceptors (Lipinski definition) is 5. The van der Waals surface area contributed by atoms with Crippen LogP contribution in [0.15, 0.2) is 0 Å². The number of carbonyl (C=O) groups is 1.